The van der Waals surface area contributed by atoms with Crippen molar-refractivity contribution in [3.63, 3.8) is 0 Å². The maximum absolute atomic E-state index is 11.7. The molecule has 0 saturated carbocycles. The molecular formula is C10H8N4O3S. The Morgan fingerprint density at radius 1 is 1.44 bits per heavy atom. The van der Waals surface area contributed by atoms with Gasteiger partial charge in [0.1, 0.15) is 6.33 Å². The van der Waals surface area contributed by atoms with Crippen molar-refractivity contribution in [2.24, 2.45) is 0 Å². The maximum Gasteiger partial charge on any atom is 0.355 e. The van der Waals surface area contributed by atoms with Crippen LogP contribution in [0.5, 0.6) is 0 Å². The maximum atomic E-state index is 11.7. The molecule has 2 aromatic heterocycles. The lowest BCUT2D eigenvalue weighted by Gasteiger charge is -2.01. The molecule has 0 fully saturated rings. The lowest BCUT2D eigenvalue weighted by atomic mass is 10.4. The number of carboxylic acid groups (broad SMARTS) is 1. The van der Waals surface area contributed by atoms with E-state index in [1.54, 1.807) is 12.3 Å². The van der Waals surface area contributed by atoms with E-state index < -0.39 is 11.9 Å². The second-order valence-electron chi connectivity index (χ2n) is 3.23. The third kappa shape index (κ3) is 2.86. The van der Waals surface area contributed by atoms with E-state index in [-0.39, 0.29) is 17.2 Å². The van der Waals surface area contributed by atoms with Crippen molar-refractivity contribution >= 4 is 23.2 Å². The minimum absolute atomic E-state index is 0.112. The third-order valence-electron chi connectivity index (χ3n) is 1.99. The standard InChI is InChI=1S/C10H8N4O3S/c15-8(9-14-7(4-18-9)10(16)17)12-3-6-1-2-11-5-13-6/h1-2,4-5H,3H2,(H,12,15)(H,16,17). The van der Waals surface area contributed by atoms with E-state index in [1.807, 2.05) is 0 Å². The number of aromatic carboxylic acids is 1. The van der Waals surface area contributed by atoms with Gasteiger partial charge in [-0.2, -0.15) is 0 Å². The molecule has 2 N–H and O–H groups in total. The first kappa shape index (κ1) is 12.1. The number of aromatic nitrogens is 3. The van der Waals surface area contributed by atoms with Crippen LogP contribution in [0.1, 0.15) is 26.0 Å². The van der Waals surface area contributed by atoms with Gasteiger partial charge in [0.2, 0.25) is 0 Å². The Morgan fingerprint density at radius 3 is 2.89 bits per heavy atom. The Hall–Kier alpha value is -2.35. The van der Waals surface area contributed by atoms with Crippen LogP contribution >= 0.6 is 11.3 Å². The molecule has 0 aliphatic heterocycles. The summed E-state index contributed by atoms with van der Waals surface area (Å²) < 4.78 is 0. The fourth-order valence-electron chi connectivity index (χ4n) is 1.15. The highest BCUT2D eigenvalue weighted by Crippen LogP contribution is 2.09. The molecule has 92 valence electrons. The van der Waals surface area contributed by atoms with Crippen molar-refractivity contribution in [1.82, 2.24) is 20.3 Å². The molecule has 0 atom stereocenters. The zero-order chi connectivity index (χ0) is 13.0. The zero-order valence-electron chi connectivity index (χ0n) is 9.03. The quantitative estimate of drug-likeness (QED) is 0.836. The summed E-state index contributed by atoms with van der Waals surface area (Å²) in [5, 5.41) is 12.7. The normalized spacial score (nSPS) is 10.0. The molecule has 0 bridgehead atoms. The highest BCUT2D eigenvalue weighted by molar-refractivity contribution is 7.11. The molecule has 8 heteroatoms. The number of hydrogen-bond donors (Lipinski definition) is 2. The lowest BCUT2D eigenvalue weighted by Crippen LogP contribution is -2.23. The average molecular weight is 264 g/mol. The summed E-state index contributed by atoms with van der Waals surface area (Å²) in [6.45, 7) is 0.239. The van der Waals surface area contributed by atoms with Crippen LogP contribution in [-0.4, -0.2) is 31.9 Å². The van der Waals surface area contributed by atoms with Gasteiger partial charge in [-0.15, -0.1) is 11.3 Å². The summed E-state index contributed by atoms with van der Waals surface area (Å²) in [5.41, 5.74) is 0.528. The molecule has 0 aliphatic carbocycles. The molecule has 0 unspecified atom stereocenters. The van der Waals surface area contributed by atoms with Crippen LogP contribution < -0.4 is 5.32 Å². The van der Waals surface area contributed by atoms with Gasteiger partial charge in [0.15, 0.2) is 10.7 Å². The fraction of sp³-hybridized carbons (Fsp3) is 0.100. The number of carbonyl (C=O) groups is 2. The smallest absolute Gasteiger partial charge is 0.355 e. The van der Waals surface area contributed by atoms with Crippen LogP contribution in [-0.2, 0) is 6.54 Å². The van der Waals surface area contributed by atoms with Gasteiger partial charge in [-0.25, -0.2) is 19.7 Å². The fourth-order valence-corrected chi connectivity index (χ4v) is 1.85. The summed E-state index contributed by atoms with van der Waals surface area (Å²) >= 11 is 0.984. The van der Waals surface area contributed by atoms with Gasteiger partial charge < -0.3 is 10.4 Å². The van der Waals surface area contributed by atoms with E-state index in [2.05, 4.69) is 20.3 Å². The van der Waals surface area contributed by atoms with Gasteiger partial charge in [-0.3, -0.25) is 4.79 Å². The Balaban J connectivity index is 1.97. The van der Waals surface area contributed by atoms with Crippen LogP contribution in [0.2, 0.25) is 0 Å². The molecule has 18 heavy (non-hydrogen) atoms. The van der Waals surface area contributed by atoms with Crippen molar-refractivity contribution in [1.29, 1.82) is 0 Å². The van der Waals surface area contributed by atoms with Crippen molar-refractivity contribution in [3.8, 4) is 0 Å². The molecule has 0 aromatic carbocycles. The number of thiazole rings is 1. The molecule has 7 nitrogen and oxygen atoms in total. The summed E-state index contributed by atoms with van der Waals surface area (Å²) in [4.78, 5) is 33.7. The number of amides is 1. The number of carbonyl (C=O) groups excluding carboxylic acids is 1. The monoisotopic (exact) mass is 264 g/mol. The summed E-state index contributed by atoms with van der Waals surface area (Å²) in [6.07, 6.45) is 2.95. The van der Waals surface area contributed by atoms with Crippen LogP contribution in [0.15, 0.2) is 24.0 Å². The molecule has 2 aromatic rings. The topological polar surface area (TPSA) is 105 Å². The molecule has 0 aliphatic rings. The molecule has 0 radical (unpaired) electrons. The lowest BCUT2D eigenvalue weighted by molar-refractivity contribution is 0.0691. The minimum Gasteiger partial charge on any atom is -0.476 e. The van der Waals surface area contributed by atoms with Crippen molar-refractivity contribution in [2.45, 2.75) is 6.54 Å². The van der Waals surface area contributed by atoms with Gasteiger partial charge in [-0.1, -0.05) is 0 Å². The molecule has 0 spiro atoms. The van der Waals surface area contributed by atoms with Crippen LogP contribution in [0.4, 0.5) is 0 Å². The number of nitrogens with one attached hydrogen (secondary N) is 1. The average Bonchev–Trinajstić information content (AvgIpc) is 2.87. The van der Waals surface area contributed by atoms with Crippen molar-refractivity contribution in [2.75, 3.05) is 0 Å². The Morgan fingerprint density at radius 2 is 2.28 bits per heavy atom. The Kier molecular flexibility index (Phi) is 3.58. The van der Waals surface area contributed by atoms with E-state index in [0.29, 0.717) is 5.69 Å². The van der Waals surface area contributed by atoms with Crippen molar-refractivity contribution < 1.29 is 14.7 Å². The van der Waals surface area contributed by atoms with Gasteiger partial charge in [0.05, 0.1) is 12.2 Å². The summed E-state index contributed by atoms with van der Waals surface area (Å²) in [7, 11) is 0. The van der Waals surface area contributed by atoms with Gasteiger partial charge in [0.25, 0.3) is 5.91 Å². The highest BCUT2D eigenvalue weighted by Gasteiger charge is 2.14. The number of nitrogens with zero attached hydrogens (tertiary/aromatic N) is 3. The minimum atomic E-state index is -1.15. The molecule has 2 heterocycles. The first-order chi connectivity index (χ1) is 8.66. The van der Waals surface area contributed by atoms with Gasteiger partial charge in [0, 0.05) is 11.6 Å². The largest absolute Gasteiger partial charge is 0.476 e. The third-order valence-corrected chi connectivity index (χ3v) is 2.83. The van der Waals surface area contributed by atoms with Crippen LogP contribution in [0.3, 0.4) is 0 Å². The second-order valence-corrected chi connectivity index (χ2v) is 4.08. The number of carboxylic acids is 1. The zero-order valence-corrected chi connectivity index (χ0v) is 9.85. The van der Waals surface area contributed by atoms with E-state index >= 15 is 0 Å². The number of rotatable bonds is 4. The van der Waals surface area contributed by atoms with Gasteiger partial charge in [-0.05, 0) is 6.07 Å². The van der Waals surface area contributed by atoms with Crippen LogP contribution in [0, 0.1) is 0 Å². The van der Waals surface area contributed by atoms with Crippen LogP contribution in [0.25, 0.3) is 0 Å². The molecular weight excluding hydrogens is 256 g/mol. The van der Waals surface area contributed by atoms with E-state index in [4.69, 9.17) is 5.11 Å². The van der Waals surface area contributed by atoms with Crippen molar-refractivity contribution in [3.05, 3.63) is 40.4 Å². The first-order valence-corrected chi connectivity index (χ1v) is 5.76. The van der Waals surface area contributed by atoms with E-state index in [1.165, 1.54) is 11.7 Å². The molecule has 1 amide bonds. The number of hydrogen-bond acceptors (Lipinski definition) is 6. The molecule has 2 rings (SSSR count). The second kappa shape index (κ2) is 5.32. The van der Waals surface area contributed by atoms with Gasteiger partial charge >= 0.3 is 5.97 Å². The van der Waals surface area contributed by atoms with E-state index in [9.17, 15) is 9.59 Å². The summed E-state index contributed by atoms with van der Waals surface area (Å²) in [5.74, 6) is -1.58. The van der Waals surface area contributed by atoms with E-state index in [0.717, 1.165) is 11.3 Å². The Labute approximate surface area is 106 Å². The summed E-state index contributed by atoms with van der Waals surface area (Å²) in [6, 6.07) is 1.67. The highest BCUT2D eigenvalue weighted by atomic mass is 32.1. The Bertz CT molecular complexity index is 570. The molecule has 0 saturated heterocycles. The first-order valence-electron chi connectivity index (χ1n) is 4.88. The SMILES string of the molecule is O=C(O)c1csc(C(=O)NCc2ccncn2)n1. The predicted molar refractivity (Wildman–Crippen MR) is 62.3 cm³/mol. The predicted octanol–water partition coefficient (Wildman–Crippen LogP) is 0.561.